The maximum absolute atomic E-state index is 11.8. The molecule has 0 heterocycles. The van der Waals surface area contributed by atoms with Gasteiger partial charge < -0.3 is 15.7 Å². The van der Waals surface area contributed by atoms with Crippen LogP contribution in [0.1, 0.15) is 26.3 Å². The van der Waals surface area contributed by atoms with Gasteiger partial charge in [0.05, 0.1) is 5.60 Å². The quantitative estimate of drug-likeness (QED) is 0.756. The summed E-state index contributed by atoms with van der Waals surface area (Å²) in [4.78, 5) is 11.8. The average molecular weight is 296 g/mol. The highest BCUT2D eigenvalue weighted by Crippen LogP contribution is 2.15. The Kier molecular flexibility index (Phi) is 6.36. The zero-order chi connectivity index (χ0) is 15.2. The van der Waals surface area contributed by atoms with Gasteiger partial charge in [-0.15, -0.1) is 0 Å². The van der Waals surface area contributed by atoms with E-state index < -0.39 is 5.60 Å². The fourth-order valence-electron chi connectivity index (χ4n) is 1.49. The van der Waals surface area contributed by atoms with Gasteiger partial charge in [0, 0.05) is 18.0 Å². The first-order valence-corrected chi connectivity index (χ1v) is 8.09. The lowest BCUT2D eigenvalue weighted by molar-refractivity contribution is 0.0170. The van der Waals surface area contributed by atoms with Gasteiger partial charge in [-0.25, -0.2) is 4.79 Å². The standard InChI is InChI=1S/C15H24N2O2S/c1-11(2)15(3,19)10-16-14(18)17-13-7-5-12(6-8-13)9-20-4/h5-8,11,19H,9-10H2,1-4H3,(H2,16,17,18). The van der Waals surface area contributed by atoms with Gasteiger partial charge in [-0.3, -0.25) is 0 Å². The summed E-state index contributed by atoms with van der Waals surface area (Å²) in [6, 6.07) is 7.45. The van der Waals surface area contributed by atoms with Crippen LogP contribution in [0.25, 0.3) is 0 Å². The third-order valence-corrected chi connectivity index (χ3v) is 4.00. The molecule has 0 aliphatic rings. The monoisotopic (exact) mass is 296 g/mol. The van der Waals surface area contributed by atoms with Gasteiger partial charge in [-0.05, 0) is 36.8 Å². The fraction of sp³-hybridized carbons (Fsp3) is 0.533. The molecule has 0 saturated carbocycles. The molecule has 1 aromatic rings. The van der Waals surface area contributed by atoms with Crippen molar-refractivity contribution in [1.29, 1.82) is 0 Å². The van der Waals surface area contributed by atoms with Crippen LogP contribution in [-0.2, 0) is 5.75 Å². The average Bonchev–Trinajstić information content (AvgIpc) is 2.39. The normalized spacial score (nSPS) is 13.9. The van der Waals surface area contributed by atoms with E-state index in [4.69, 9.17) is 0 Å². The summed E-state index contributed by atoms with van der Waals surface area (Å²) < 4.78 is 0. The van der Waals surface area contributed by atoms with E-state index in [1.165, 1.54) is 5.56 Å². The van der Waals surface area contributed by atoms with Gasteiger partial charge in [0.2, 0.25) is 0 Å². The molecule has 0 fully saturated rings. The number of carbonyl (C=O) groups is 1. The number of carbonyl (C=O) groups excluding carboxylic acids is 1. The second-order valence-electron chi connectivity index (χ2n) is 5.45. The van der Waals surface area contributed by atoms with Crippen molar-refractivity contribution >= 4 is 23.5 Å². The zero-order valence-corrected chi connectivity index (χ0v) is 13.4. The Balaban J connectivity index is 2.46. The fourth-order valence-corrected chi connectivity index (χ4v) is 2.02. The van der Waals surface area contributed by atoms with Crippen LogP contribution in [0.5, 0.6) is 0 Å². The van der Waals surface area contributed by atoms with Gasteiger partial charge in [-0.1, -0.05) is 26.0 Å². The van der Waals surface area contributed by atoms with Crippen LogP contribution in [0.2, 0.25) is 0 Å². The van der Waals surface area contributed by atoms with Crippen molar-refractivity contribution in [1.82, 2.24) is 5.32 Å². The molecule has 0 spiro atoms. The summed E-state index contributed by atoms with van der Waals surface area (Å²) >= 11 is 1.76. The third kappa shape index (κ3) is 5.43. The molecule has 3 N–H and O–H groups in total. The highest BCUT2D eigenvalue weighted by atomic mass is 32.2. The number of anilines is 1. The van der Waals surface area contributed by atoms with Crippen LogP contribution in [0.15, 0.2) is 24.3 Å². The Morgan fingerprint density at radius 3 is 2.45 bits per heavy atom. The van der Waals surface area contributed by atoms with Crippen LogP contribution in [0.3, 0.4) is 0 Å². The molecule has 0 aliphatic heterocycles. The molecule has 1 unspecified atom stereocenters. The van der Waals surface area contributed by atoms with E-state index in [2.05, 4.69) is 16.9 Å². The molecule has 1 atom stereocenters. The van der Waals surface area contributed by atoms with Gasteiger partial charge in [-0.2, -0.15) is 11.8 Å². The van der Waals surface area contributed by atoms with E-state index in [-0.39, 0.29) is 18.5 Å². The van der Waals surface area contributed by atoms with Crippen molar-refractivity contribution in [2.45, 2.75) is 32.1 Å². The number of thioether (sulfide) groups is 1. The number of amides is 2. The molecule has 0 bridgehead atoms. The summed E-state index contributed by atoms with van der Waals surface area (Å²) in [5.74, 6) is 1.04. The second kappa shape index (κ2) is 7.55. The maximum atomic E-state index is 11.8. The Hall–Kier alpha value is -1.20. The minimum atomic E-state index is -0.903. The molecular formula is C15H24N2O2S. The maximum Gasteiger partial charge on any atom is 0.319 e. The minimum absolute atomic E-state index is 0.0774. The smallest absolute Gasteiger partial charge is 0.319 e. The summed E-state index contributed by atoms with van der Waals surface area (Å²) in [6.45, 7) is 5.78. The molecule has 0 saturated heterocycles. The van der Waals surface area contributed by atoms with Crippen LogP contribution < -0.4 is 10.6 Å². The lowest BCUT2D eigenvalue weighted by Gasteiger charge is -2.27. The van der Waals surface area contributed by atoms with Crippen LogP contribution >= 0.6 is 11.8 Å². The number of hydrogen-bond donors (Lipinski definition) is 3. The topological polar surface area (TPSA) is 61.4 Å². The molecule has 4 nitrogen and oxygen atoms in total. The van der Waals surface area contributed by atoms with E-state index in [1.807, 2.05) is 38.1 Å². The van der Waals surface area contributed by atoms with Crippen molar-refractivity contribution < 1.29 is 9.90 Å². The van der Waals surface area contributed by atoms with Gasteiger partial charge in [0.15, 0.2) is 0 Å². The number of benzene rings is 1. The van der Waals surface area contributed by atoms with Crippen molar-refractivity contribution in [2.75, 3.05) is 18.1 Å². The molecule has 1 aromatic carbocycles. The SMILES string of the molecule is CSCc1ccc(NC(=O)NCC(C)(O)C(C)C)cc1. The van der Waals surface area contributed by atoms with Gasteiger partial charge >= 0.3 is 6.03 Å². The van der Waals surface area contributed by atoms with Crippen molar-refractivity contribution in [2.24, 2.45) is 5.92 Å². The third-order valence-electron chi connectivity index (χ3n) is 3.37. The highest BCUT2D eigenvalue weighted by molar-refractivity contribution is 7.97. The van der Waals surface area contributed by atoms with Crippen molar-refractivity contribution in [3.63, 3.8) is 0 Å². The minimum Gasteiger partial charge on any atom is -0.388 e. The van der Waals surface area contributed by atoms with E-state index in [1.54, 1.807) is 18.7 Å². The summed E-state index contributed by atoms with van der Waals surface area (Å²) in [6.07, 6.45) is 2.06. The number of rotatable bonds is 6. The molecule has 0 aliphatic carbocycles. The summed E-state index contributed by atoms with van der Waals surface area (Å²) in [7, 11) is 0. The number of aliphatic hydroxyl groups is 1. The lowest BCUT2D eigenvalue weighted by atomic mass is 9.93. The summed E-state index contributed by atoms with van der Waals surface area (Å²) in [5, 5.41) is 15.5. The van der Waals surface area contributed by atoms with Gasteiger partial charge in [0.25, 0.3) is 0 Å². The Morgan fingerprint density at radius 2 is 1.95 bits per heavy atom. The second-order valence-corrected chi connectivity index (χ2v) is 6.32. The van der Waals surface area contributed by atoms with Crippen LogP contribution in [-0.4, -0.2) is 29.5 Å². The molecule has 5 heteroatoms. The van der Waals surface area contributed by atoms with E-state index in [0.717, 1.165) is 11.4 Å². The number of hydrogen-bond acceptors (Lipinski definition) is 3. The number of nitrogens with one attached hydrogen (secondary N) is 2. The largest absolute Gasteiger partial charge is 0.388 e. The molecule has 0 radical (unpaired) electrons. The predicted molar refractivity (Wildman–Crippen MR) is 86.1 cm³/mol. The summed E-state index contributed by atoms with van der Waals surface area (Å²) in [5.41, 5.74) is 1.07. The molecule has 112 valence electrons. The van der Waals surface area contributed by atoms with Gasteiger partial charge in [0.1, 0.15) is 0 Å². The molecular weight excluding hydrogens is 272 g/mol. The predicted octanol–water partition coefficient (Wildman–Crippen LogP) is 3.08. The first kappa shape index (κ1) is 16.9. The Morgan fingerprint density at radius 1 is 1.35 bits per heavy atom. The Labute approximate surface area is 125 Å². The van der Waals surface area contributed by atoms with Crippen molar-refractivity contribution in [3.8, 4) is 0 Å². The molecule has 20 heavy (non-hydrogen) atoms. The van der Waals surface area contributed by atoms with E-state index >= 15 is 0 Å². The van der Waals surface area contributed by atoms with Crippen molar-refractivity contribution in [3.05, 3.63) is 29.8 Å². The number of urea groups is 1. The van der Waals surface area contributed by atoms with Crippen LogP contribution in [0.4, 0.5) is 10.5 Å². The molecule has 1 rings (SSSR count). The molecule has 2 amide bonds. The molecule has 0 aromatic heterocycles. The Bertz CT molecular complexity index is 430. The highest BCUT2D eigenvalue weighted by Gasteiger charge is 2.25. The lowest BCUT2D eigenvalue weighted by Crippen LogP contribution is -2.45. The van der Waals surface area contributed by atoms with Crippen LogP contribution in [0, 0.1) is 5.92 Å². The zero-order valence-electron chi connectivity index (χ0n) is 12.6. The first-order chi connectivity index (χ1) is 9.35. The van der Waals surface area contributed by atoms with E-state index in [9.17, 15) is 9.90 Å². The van der Waals surface area contributed by atoms with E-state index in [0.29, 0.717) is 0 Å². The first-order valence-electron chi connectivity index (χ1n) is 6.70.